The standard InChI is InChI=1S/C15H20BrF3N2/c1-20(2)13-4-3-7-21(10-13)12-6-5-11(9-16)14(8-12)15(17,18)19/h5-6,8,13H,3-4,7,9-10H2,1-2H3. The molecule has 0 aliphatic carbocycles. The van der Waals surface area contributed by atoms with Crippen molar-refractivity contribution in [3.63, 3.8) is 0 Å². The second kappa shape index (κ2) is 6.57. The van der Waals surface area contributed by atoms with E-state index in [1.54, 1.807) is 12.1 Å². The van der Waals surface area contributed by atoms with Crippen LogP contribution in [0.5, 0.6) is 0 Å². The molecular weight excluding hydrogens is 345 g/mol. The Balaban J connectivity index is 2.28. The number of likely N-dealkylation sites (N-methyl/N-ethyl adjacent to an activating group) is 1. The Bertz CT molecular complexity index is 488. The third-order valence-electron chi connectivity index (χ3n) is 4.03. The summed E-state index contributed by atoms with van der Waals surface area (Å²) in [6, 6.07) is 5.05. The largest absolute Gasteiger partial charge is 0.416 e. The third kappa shape index (κ3) is 3.92. The van der Waals surface area contributed by atoms with E-state index in [0.717, 1.165) is 25.9 Å². The molecular formula is C15H20BrF3N2. The molecule has 1 heterocycles. The van der Waals surface area contributed by atoms with E-state index in [1.807, 2.05) is 14.1 Å². The van der Waals surface area contributed by atoms with Gasteiger partial charge in [0.15, 0.2) is 0 Å². The zero-order valence-corrected chi connectivity index (χ0v) is 13.8. The van der Waals surface area contributed by atoms with Crippen LogP contribution >= 0.6 is 15.9 Å². The summed E-state index contributed by atoms with van der Waals surface area (Å²) in [6.45, 7) is 1.59. The Morgan fingerprint density at radius 2 is 2.05 bits per heavy atom. The van der Waals surface area contributed by atoms with Gasteiger partial charge in [0.05, 0.1) is 5.56 Å². The lowest BCUT2D eigenvalue weighted by molar-refractivity contribution is -0.138. The first-order valence-corrected chi connectivity index (χ1v) is 8.12. The van der Waals surface area contributed by atoms with E-state index in [-0.39, 0.29) is 10.9 Å². The van der Waals surface area contributed by atoms with Gasteiger partial charge in [0.2, 0.25) is 0 Å². The van der Waals surface area contributed by atoms with Crippen LogP contribution in [0.25, 0.3) is 0 Å². The van der Waals surface area contributed by atoms with Crippen LogP contribution in [-0.2, 0) is 11.5 Å². The van der Waals surface area contributed by atoms with Gasteiger partial charge < -0.3 is 9.80 Å². The van der Waals surface area contributed by atoms with E-state index >= 15 is 0 Å². The van der Waals surface area contributed by atoms with Crippen molar-refractivity contribution in [2.45, 2.75) is 30.4 Å². The van der Waals surface area contributed by atoms with Gasteiger partial charge >= 0.3 is 6.18 Å². The summed E-state index contributed by atoms with van der Waals surface area (Å²) in [5.41, 5.74) is 0.412. The smallest absolute Gasteiger partial charge is 0.370 e. The summed E-state index contributed by atoms with van der Waals surface area (Å²) in [4.78, 5) is 4.20. The zero-order chi connectivity index (χ0) is 15.6. The maximum absolute atomic E-state index is 13.1. The van der Waals surface area contributed by atoms with Crippen LogP contribution in [0.2, 0.25) is 0 Å². The predicted molar refractivity (Wildman–Crippen MR) is 83.0 cm³/mol. The van der Waals surface area contributed by atoms with Gasteiger partial charge in [0, 0.05) is 30.1 Å². The number of anilines is 1. The molecule has 1 aromatic rings. The van der Waals surface area contributed by atoms with Gasteiger partial charge in [-0.1, -0.05) is 22.0 Å². The Morgan fingerprint density at radius 1 is 1.33 bits per heavy atom. The van der Waals surface area contributed by atoms with Crippen molar-refractivity contribution >= 4 is 21.6 Å². The number of hydrogen-bond acceptors (Lipinski definition) is 2. The highest BCUT2D eigenvalue weighted by Gasteiger charge is 2.34. The summed E-state index contributed by atoms with van der Waals surface area (Å²) in [7, 11) is 4.03. The van der Waals surface area contributed by atoms with Crippen LogP contribution in [0.3, 0.4) is 0 Å². The molecule has 0 N–H and O–H groups in total. The van der Waals surface area contributed by atoms with Crippen molar-refractivity contribution in [2.24, 2.45) is 0 Å². The molecule has 0 saturated carbocycles. The van der Waals surface area contributed by atoms with E-state index in [9.17, 15) is 13.2 Å². The lowest BCUT2D eigenvalue weighted by Crippen LogP contribution is -2.45. The van der Waals surface area contributed by atoms with E-state index < -0.39 is 11.7 Å². The van der Waals surface area contributed by atoms with E-state index in [2.05, 4.69) is 25.7 Å². The summed E-state index contributed by atoms with van der Waals surface area (Å²) >= 11 is 3.13. The summed E-state index contributed by atoms with van der Waals surface area (Å²) < 4.78 is 39.4. The molecule has 0 bridgehead atoms. The molecule has 2 rings (SSSR count). The van der Waals surface area contributed by atoms with Gasteiger partial charge in [-0.3, -0.25) is 0 Å². The van der Waals surface area contributed by atoms with Crippen LogP contribution in [0.4, 0.5) is 18.9 Å². The van der Waals surface area contributed by atoms with Gasteiger partial charge in [-0.15, -0.1) is 0 Å². The van der Waals surface area contributed by atoms with Crippen LogP contribution in [0, 0.1) is 0 Å². The van der Waals surface area contributed by atoms with Crippen LogP contribution < -0.4 is 4.90 Å². The summed E-state index contributed by atoms with van der Waals surface area (Å²) in [5, 5.41) is 0.211. The van der Waals surface area contributed by atoms with Crippen molar-refractivity contribution in [1.82, 2.24) is 4.90 Å². The normalized spacial score (nSPS) is 20.1. The molecule has 0 aromatic heterocycles. The van der Waals surface area contributed by atoms with E-state index in [1.165, 1.54) is 6.07 Å². The van der Waals surface area contributed by atoms with E-state index in [4.69, 9.17) is 0 Å². The number of nitrogens with zero attached hydrogens (tertiary/aromatic N) is 2. The molecule has 1 fully saturated rings. The summed E-state index contributed by atoms with van der Waals surface area (Å²) in [5.74, 6) is 0. The maximum atomic E-state index is 13.1. The number of hydrogen-bond donors (Lipinski definition) is 0. The fourth-order valence-corrected chi connectivity index (χ4v) is 3.24. The number of halogens is 4. The predicted octanol–water partition coefficient (Wildman–Crippen LogP) is 4.13. The Morgan fingerprint density at radius 3 is 2.62 bits per heavy atom. The van der Waals surface area contributed by atoms with Crippen LogP contribution in [-0.4, -0.2) is 38.1 Å². The SMILES string of the molecule is CN(C)C1CCCN(c2ccc(CBr)c(C(F)(F)F)c2)C1. The number of piperidine rings is 1. The van der Waals surface area contributed by atoms with Gasteiger partial charge in [-0.25, -0.2) is 0 Å². The highest BCUT2D eigenvalue weighted by Crippen LogP contribution is 2.36. The highest BCUT2D eigenvalue weighted by molar-refractivity contribution is 9.08. The Labute approximate surface area is 132 Å². The van der Waals surface area contributed by atoms with Crippen LogP contribution in [0.1, 0.15) is 24.0 Å². The lowest BCUT2D eigenvalue weighted by Gasteiger charge is -2.37. The molecule has 1 aliphatic rings. The average molecular weight is 365 g/mol. The first kappa shape index (κ1) is 16.6. The fourth-order valence-electron chi connectivity index (χ4n) is 2.75. The molecule has 118 valence electrons. The molecule has 1 unspecified atom stereocenters. The monoisotopic (exact) mass is 364 g/mol. The van der Waals surface area contributed by atoms with Crippen molar-refractivity contribution in [3.05, 3.63) is 29.3 Å². The molecule has 2 nitrogen and oxygen atoms in total. The Hall–Kier alpha value is -0.750. The minimum Gasteiger partial charge on any atom is -0.370 e. The minimum atomic E-state index is -4.31. The van der Waals surface area contributed by atoms with Gasteiger partial charge in [0.1, 0.15) is 0 Å². The molecule has 1 atom stereocenters. The number of rotatable bonds is 3. The highest BCUT2D eigenvalue weighted by atomic mass is 79.9. The molecule has 0 amide bonds. The molecule has 0 radical (unpaired) electrons. The number of alkyl halides is 4. The molecule has 6 heteroatoms. The van der Waals surface area contributed by atoms with Crippen molar-refractivity contribution in [1.29, 1.82) is 0 Å². The van der Waals surface area contributed by atoms with Crippen LogP contribution in [0.15, 0.2) is 18.2 Å². The lowest BCUT2D eigenvalue weighted by atomic mass is 10.0. The molecule has 1 aromatic carbocycles. The molecule has 0 spiro atoms. The molecule has 21 heavy (non-hydrogen) atoms. The fraction of sp³-hybridized carbons (Fsp3) is 0.600. The van der Waals surface area contributed by atoms with Crippen molar-refractivity contribution in [2.75, 3.05) is 32.1 Å². The topological polar surface area (TPSA) is 6.48 Å². The van der Waals surface area contributed by atoms with E-state index in [0.29, 0.717) is 11.7 Å². The van der Waals surface area contributed by atoms with Gasteiger partial charge in [0.25, 0.3) is 0 Å². The molecule has 1 aliphatic heterocycles. The Kier molecular flexibility index (Phi) is 5.20. The second-order valence-corrected chi connectivity index (χ2v) is 6.24. The van der Waals surface area contributed by atoms with Gasteiger partial charge in [-0.05, 0) is 44.6 Å². The maximum Gasteiger partial charge on any atom is 0.416 e. The van der Waals surface area contributed by atoms with Crippen molar-refractivity contribution in [3.8, 4) is 0 Å². The zero-order valence-electron chi connectivity index (χ0n) is 12.3. The average Bonchev–Trinajstić information content (AvgIpc) is 2.45. The second-order valence-electron chi connectivity index (χ2n) is 5.68. The van der Waals surface area contributed by atoms with Gasteiger partial charge in [-0.2, -0.15) is 13.2 Å². The third-order valence-corrected chi connectivity index (χ3v) is 4.64. The molecule has 1 saturated heterocycles. The first-order chi connectivity index (χ1) is 9.82. The number of benzene rings is 1. The van der Waals surface area contributed by atoms with Crippen molar-refractivity contribution < 1.29 is 13.2 Å². The first-order valence-electron chi connectivity index (χ1n) is 7.00. The quantitative estimate of drug-likeness (QED) is 0.744. The minimum absolute atomic E-state index is 0.211. The summed E-state index contributed by atoms with van der Waals surface area (Å²) in [6.07, 6.45) is -2.21.